The van der Waals surface area contributed by atoms with E-state index in [9.17, 15) is 5.26 Å². The van der Waals surface area contributed by atoms with Gasteiger partial charge in [0.25, 0.3) is 0 Å². The van der Waals surface area contributed by atoms with Gasteiger partial charge >= 0.3 is 0 Å². The number of nitriles is 1. The Balaban J connectivity index is 2.10. The number of hydrogen-bond acceptors (Lipinski definition) is 5. The minimum Gasteiger partial charge on any atom is -0.494 e. The van der Waals surface area contributed by atoms with Crippen LogP contribution in [0.4, 0.5) is 5.69 Å². The number of nitrogens with two attached hydrogens (primary N) is 2. The molecular formula is C19H19N3O2. The van der Waals surface area contributed by atoms with Crippen molar-refractivity contribution in [3.05, 3.63) is 65.0 Å². The number of anilines is 1. The molecule has 5 heteroatoms. The molecule has 1 aliphatic rings. The third kappa shape index (κ3) is 2.86. The average Bonchev–Trinajstić information content (AvgIpc) is 2.58. The Kier molecular flexibility index (Phi) is 4.30. The van der Waals surface area contributed by atoms with E-state index in [1.54, 1.807) is 12.1 Å². The number of nitrogen functional groups attached to an aromatic ring is 1. The molecule has 0 saturated carbocycles. The third-order valence-corrected chi connectivity index (χ3v) is 3.91. The highest BCUT2D eigenvalue weighted by atomic mass is 16.5. The van der Waals surface area contributed by atoms with Crippen molar-refractivity contribution < 1.29 is 9.47 Å². The second-order valence-corrected chi connectivity index (χ2v) is 5.64. The Labute approximate surface area is 141 Å². The summed E-state index contributed by atoms with van der Waals surface area (Å²) in [6, 6.07) is 15.3. The van der Waals surface area contributed by atoms with E-state index >= 15 is 0 Å². The first kappa shape index (κ1) is 15.8. The fourth-order valence-corrected chi connectivity index (χ4v) is 2.82. The molecule has 1 aliphatic heterocycles. The molecule has 0 aliphatic carbocycles. The number of fused-ring (bicyclic) bond motifs is 1. The topological polar surface area (TPSA) is 94.3 Å². The van der Waals surface area contributed by atoms with Gasteiger partial charge in [0.2, 0.25) is 5.88 Å². The van der Waals surface area contributed by atoms with Crippen LogP contribution in [-0.4, -0.2) is 6.61 Å². The van der Waals surface area contributed by atoms with Crippen LogP contribution >= 0.6 is 0 Å². The molecule has 0 radical (unpaired) electrons. The highest BCUT2D eigenvalue weighted by Gasteiger charge is 2.30. The number of allylic oxidation sites excluding steroid dienone is 1. The van der Waals surface area contributed by atoms with Crippen LogP contribution in [0, 0.1) is 11.3 Å². The summed E-state index contributed by atoms with van der Waals surface area (Å²) in [6.45, 7) is 2.70. The molecule has 3 rings (SSSR count). The summed E-state index contributed by atoms with van der Waals surface area (Å²) >= 11 is 0. The molecule has 0 bridgehead atoms. The fourth-order valence-electron chi connectivity index (χ4n) is 2.82. The quantitative estimate of drug-likeness (QED) is 0.843. The maximum absolute atomic E-state index is 9.56. The van der Waals surface area contributed by atoms with Gasteiger partial charge in [-0.25, -0.2) is 0 Å². The molecule has 0 aromatic heterocycles. The Morgan fingerprint density at radius 2 is 2.04 bits per heavy atom. The van der Waals surface area contributed by atoms with Gasteiger partial charge in [-0.3, -0.25) is 0 Å². The first-order valence-corrected chi connectivity index (χ1v) is 7.83. The maximum atomic E-state index is 9.56. The monoisotopic (exact) mass is 321 g/mol. The van der Waals surface area contributed by atoms with E-state index in [-0.39, 0.29) is 11.8 Å². The Bertz CT molecular complexity index is 837. The van der Waals surface area contributed by atoms with Gasteiger partial charge < -0.3 is 20.9 Å². The smallest absolute Gasteiger partial charge is 0.205 e. The normalized spacial score (nSPS) is 16.1. The second kappa shape index (κ2) is 6.55. The van der Waals surface area contributed by atoms with Crippen molar-refractivity contribution in [2.75, 3.05) is 12.3 Å². The van der Waals surface area contributed by atoms with Crippen molar-refractivity contribution in [1.82, 2.24) is 0 Å². The van der Waals surface area contributed by atoms with Crippen molar-refractivity contribution >= 4 is 5.69 Å². The molecule has 2 aromatic carbocycles. The van der Waals surface area contributed by atoms with Gasteiger partial charge in [0.05, 0.1) is 12.5 Å². The lowest BCUT2D eigenvalue weighted by molar-refractivity contribution is 0.317. The summed E-state index contributed by atoms with van der Waals surface area (Å²) < 4.78 is 11.3. The highest BCUT2D eigenvalue weighted by molar-refractivity contribution is 5.59. The van der Waals surface area contributed by atoms with Gasteiger partial charge in [0, 0.05) is 17.3 Å². The minimum absolute atomic E-state index is 0.112. The van der Waals surface area contributed by atoms with Gasteiger partial charge in [-0.15, -0.1) is 0 Å². The van der Waals surface area contributed by atoms with Crippen LogP contribution in [-0.2, 0) is 0 Å². The lowest BCUT2D eigenvalue weighted by Crippen LogP contribution is -2.21. The molecule has 1 unspecified atom stereocenters. The van der Waals surface area contributed by atoms with E-state index in [1.165, 1.54) is 0 Å². The van der Waals surface area contributed by atoms with Crippen LogP contribution in [0.25, 0.3) is 0 Å². The number of ether oxygens (including phenoxy) is 2. The number of nitrogens with zero attached hydrogens (tertiary/aromatic N) is 1. The van der Waals surface area contributed by atoms with Crippen LogP contribution in [0.1, 0.15) is 30.4 Å². The van der Waals surface area contributed by atoms with Gasteiger partial charge in [0.1, 0.15) is 23.1 Å². The standard InChI is InChI=1S/C19H19N3O2/c1-2-8-23-14-5-3-4-12(9-14)18-15-7-6-13(21)10-17(15)24-19(22)16(18)11-20/h3-7,9-10,18H,2,8,21-22H2,1H3. The zero-order valence-corrected chi connectivity index (χ0v) is 13.5. The van der Waals surface area contributed by atoms with E-state index in [1.807, 2.05) is 30.3 Å². The summed E-state index contributed by atoms with van der Waals surface area (Å²) in [5.74, 6) is 1.16. The zero-order valence-electron chi connectivity index (χ0n) is 13.5. The summed E-state index contributed by atoms with van der Waals surface area (Å²) in [5.41, 5.74) is 14.6. The van der Waals surface area contributed by atoms with Crippen LogP contribution in [0.2, 0.25) is 0 Å². The Morgan fingerprint density at radius 1 is 1.21 bits per heavy atom. The predicted octanol–water partition coefficient (Wildman–Crippen LogP) is 3.28. The number of rotatable bonds is 4. The number of hydrogen-bond donors (Lipinski definition) is 2. The van der Waals surface area contributed by atoms with Crippen molar-refractivity contribution in [2.45, 2.75) is 19.3 Å². The molecule has 1 heterocycles. The lowest BCUT2D eigenvalue weighted by atomic mass is 9.83. The molecule has 24 heavy (non-hydrogen) atoms. The molecule has 1 atom stereocenters. The second-order valence-electron chi connectivity index (χ2n) is 5.64. The fraction of sp³-hybridized carbons (Fsp3) is 0.211. The Hall–Kier alpha value is -3.13. The van der Waals surface area contributed by atoms with Crippen molar-refractivity contribution in [3.63, 3.8) is 0 Å². The van der Waals surface area contributed by atoms with Gasteiger partial charge in [-0.05, 0) is 30.2 Å². The van der Waals surface area contributed by atoms with E-state index in [0.29, 0.717) is 23.6 Å². The predicted molar refractivity (Wildman–Crippen MR) is 92.4 cm³/mol. The lowest BCUT2D eigenvalue weighted by Gasteiger charge is -2.26. The van der Waals surface area contributed by atoms with Crippen LogP contribution in [0.3, 0.4) is 0 Å². The molecule has 0 fully saturated rings. The molecule has 4 N–H and O–H groups in total. The zero-order chi connectivity index (χ0) is 17.1. The first-order chi connectivity index (χ1) is 11.6. The SMILES string of the molecule is CCCOc1cccc(C2C(C#N)=C(N)Oc3cc(N)ccc32)c1. The van der Waals surface area contributed by atoms with Crippen molar-refractivity contribution in [2.24, 2.45) is 5.73 Å². The summed E-state index contributed by atoms with van der Waals surface area (Å²) in [4.78, 5) is 0. The molecule has 122 valence electrons. The highest BCUT2D eigenvalue weighted by Crippen LogP contribution is 2.43. The minimum atomic E-state index is -0.301. The van der Waals surface area contributed by atoms with Crippen molar-refractivity contribution in [1.29, 1.82) is 5.26 Å². The average molecular weight is 321 g/mol. The van der Waals surface area contributed by atoms with Gasteiger partial charge in [-0.1, -0.05) is 25.1 Å². The largest absolute Gasteiger partial charge is 0.494 e. The van der Waals surface area contributed by atoms with E-state index in [2.05, 4.69) is 13.0 Å². The summed E-state index contributed by atoms with van der Waals surface area (Å²) in [5, 5.41) is 9.56. The molecule has 5 nitrogen and oxygen atoms in total. The summed E-state index contributed by atoms with van der Waals surface area (Å²) in [7, 11) is 0. The van der Waals surface area contributed by atoms with Gasteiger partial charge in [-0.2, -0.15) is 5.26 Å². The molecule has 0 spiro atoms. The first-order valence-electron chi connectivity index (χ1n) is 7.83. The maximum Gasteiger partial charge on any atom is 0.205 e. The number of benzene rings is 2. The molecule has 0 saturated heterocycles. The van der Waals surface area contributed by atoms with E-state index in [0.717, 1.165) is 23.3 Å². The molecular weight excluding hydrogens is 302 g/mol. The Morgan fingerprint density at radius 3 is 2.79 bits per heavy atom. The van der Waals surface area contributed by atoms with E-state index < -0.39 is 0 Å². The molecule has 2 aromatic rings. The van der Waals surface area contributed by atoms with Crippen molar-refractivity contribution in [3.8, 4) is 17.6 Å². The van der Waals surface area contributed by atoms with Crippen LogP contribution in [0.5, 0.6) is 11.5 Å². The van der Waals surface area contributed by atoms with Gasteiger partial charge in [0.15, 0.2) is 0 Å². The van der Waals surface area contributed by atoms with E-state index in [4.69, 9.17) is 20.9 Å². The molecule has 0 amide bonds. The summed E-state index contributed by atoms with van der Waals surface area (Å²) in [6.07, 6.45) is 0.930. The van der Waals surface area contributed by atoms with Crippen LogP contribution < -0.4 is 20.9 Å². The third-order valence-electron chi connectivity index (χ3n) is 3.91. The van der Waals surface area contributed by atoms with Crippen LogP contribution in [0.15, 0.2) is 53.9 Å².